The second kappa shape index (κ2) is 5.61. The van der Waals surface area contributed by atoms with E-state index in [0.717, 1.165) is 5.56 Å². The monoisotopic (exact) mass is 271 g/mol. The van der Waals surface area contributed by atoms with E-state index in [9.17, 15) is 9.59 Å². The molecular weight excluding hydrogens is 254 g/mol. The van der Waals surface area contributed by atoms with E-state index in [-0.39, 0.29) is 11.5 Å². The third kappa shape index (κ3) is 2.71. The van der Waals surface area contributed by atoms with Crippen molar-refractivity contribution in [3.8, 4) is 0 Å². The van der Waals surface area contributed by atoms with Crippen molar-refractivity contribution in [2.75, 3.05) is 11.1 Å². The third-order valence-electron chi connectivity index (χ3n) is 3.15. The molecule has 0 aliphatic heterocycles. The smallest absolute Gasteiger partial charge is 0.257 e. The molecule has 104 valence electrons. The molecule has 0 bridgehead atoms. The largest absolute Gasteiger partial charge is 0.398 e. The third-order valence-corrected chi connectivity index (χ3v) is 3.15. The summed E-state index contributed by atoms with van der Waals surface area (Å²) >= 11 is 0. The van der Waals surface area contributed by atoms with Crippen molar-refractivity contribution < 1.29 is 4.79 Å². The Kier molecular flexibility index (Phi) is 3.89. The molecule has 5 heteroatoms. The van der Waals surface area contributed by atoms with Crippen LogP contribution in [0.5, 0.6) is 0 Å². The number of nitrogens with two attached hydrogens (primary N) is 1. The number of benzene rings is 1. The zero-order valence-corrected chi connectivity index (χ0v) is 11.5. The molecule has 0 saturated heterocycles. The molecule has 0 aliphatic rings. The minimum absolute atomic E-state index is 0.0967. The summed E-state index contributed by atoms with van der Waals surface area (Å²) in [5.41, 5.74) is 8.13. The van der Waals surface area contributed by atoms with Crippen molar-refractivity contribution in [3.05, 3.63) is 58.0 Å². The molecule has 2 rings (SSSR count). The SMILES string of the molecule is CCn1cc(NC(=O)c2cccc(C)c2N)ccc1=O. The van der Waals surface area contributed by atoms with Gasteiger partial charge < -0.3 is 15.6 Å². The van der Waals surface area contributed by atoms with Crippen LogP contribution in [0.2, 0.25) is 0 Å². The number of carbonyl (C=O) groups is 1. The standard InChI is InChI=1S/C15H17N3O2/c1-3-18-9-11(7-8-13(18)19)17-15(20)12-6-4-5-10(2)14(12)16/h4-9H,3,16H2,1-2H3,(H,17,20). The zero-order valence-electron chi connectivity index (χ0n) is 11.5. The first kappa shape index (κ1) is 13.9. The predicted octanol–water partition coefficient (Wildman–Crippen LogP) is 2.01. The number of hydrogen-bond acceptors (Lipinski definition) is 3. The summed E-state index contributed by atoms with van der Waals surface area (Å²) in [6.45, 7) is 4.27. The average molecular weight is 271 g/mol. The van der Waals surface area contributed by atoms with Gasteiger partial charge in [0.25, 0.3) is 11.5 Å². The summed E-state index contributed by atoms with van der Waals surface area (Å²) in [6, 6.07) is 8.32. The second-order valence-electron chi connectivity index (χ2n) is 4.53. The van der Waals surface area contributed by atoms with E-state index in [2.05, 4.69) is 5.32 Å². The van der Waals surface area contributed by atoms with Crippen molar-refractivity contribution in [2.24, 2.45) is 0 Å². The molecule has 2 aromatic rings. The van der Waals surface area contributed by atoms with E-state index >= 15 is 0 Å². The average Bonchev–Trinajstić information content (AvgIpc) is 2.43. The lowest BCUT2D eigenvalue weighted by Gasteiger charge is -2.10. The van der Waals surface area contributed by atoms with Crippen molar-refractivity contribution in [3.63, 3.8) is 0 Å². The van der Waals surface area contributed by atoms with Gasteiger partial charge in [-0.25, -0.2) is 0 Å². The van der Waals surface area contributed by atoms with Gasteiger partial charge in [-0.3, -0.25) is 9.59 Å². The number of aromatic nitrogens is 1. The van der Waals surface area contributed by atoms with Gasteiger partial charge in [0.15, 0.2) is 0 Å². The summed E-state index contributed by atoms with van der Waals surface area (Å²) in [6.07, 6.45) is 1.62. The highest BCUT2D eigenvalue weighted by Crippen LogP contribution is 2.17. The molecule has 1 heterocycles. The van der Waals surface area contributed by atoms with Gasteiger partial charge in [0.1, 0.15) is 0 Å². The molecule has 3 N–H and O–H groups in total. The molecule has 1 aromatic carbocycles. The summed E-state index contributed by atoms with van der Waals surface area (Å²) < 4.78 is 1.52. The number of nitrogen functional groups attached to an aromatic ring is 1. The van der Waals surface area contributed by atoms with Crippen molar-refractivity contribution in [1.82, 2.24) is 4.57 Å². The highest BCUT2D eigenvalue weighted by Gasteiger charge is 2.11. The van der Waals surface area contributed by atoms with Gasteiger partial charge in [-0.2, -0.15) is 0 Å². The molecule has 0 saturated carbocycles. The Labute approximate surface area is 117 Å². The van der Waals surface area contributed by atoms with Gasteiger partial charge in [0.05, 0.1) is 11.3 Å². The maximum absolute atomic E-state index is 12.2. The van der Waals surface area contributed by atoms with Crippen LogP contribution in [0, 0.1) is 6.92 Å². The van der Waals surface area contributed by atoms with Gasteiger partial charge in [-0.05, 0) is 31.5 Å². The molecule has 0 unspecified atom stereocenters. The summed E-state index contributed by atoms with van der Waals surface area (Å²) in [5, 5.41) is 2.75. The van der Waals surface area contributed by atoms with Crippen LogP contribution in [0.1, 0.15) is 22.8 Å². The molecule has 0 spiro atoms. The van der Waals surface area contributed by atoms with Crippen LogP contribution in [0.4, 0.5) is 11.4 Å². The maximum atomic E-state index is 12.2. The number of para-hydroxylation sites is 1. The fourth-order valence-electron chi connectivity index (χ4n) is 1.93. The Bertz CT molecular complexity index is 705. The van der Waals surface area contributed by atoms with Crippen LogP contribution in [0.25, 0.3) is 0 Å². The van der Waals surface area contributed by atoms with Gasteiger partial charge in [-0.15, -0.1) is 0 Å². The van der Waals surface area contributed by atoms with E-state index in [1.54, 1.807) is 24.4 Å². The van der Waals surface area contributed by atoms with Crippen LogP contribution in [0.3, 0.4) is 0 Å². The van der Waals surface area contributed by atoms with Crippen LogP contribution in [-0.2, 0) is 6.54 Å². The Morgan fingerprint density at radius 1 is 1.30 bits per heavy atom. The number of aryl methyl sites for hydroxylation is 2. The predicted molar refractivity (Wildman–Crippen MR) is 79.9 cm³/mol. The minimum Gasteiger partial charge on any atom is -0.398 e. The van der Waals surface area contributed by atoms with Crippen molar-refractivity contribution >= 4 is 17.3 Å². The summed E-state index contributed by atoms with van der Waals surface area (Å²) in [5.74, 6) is -0.285. The number of amides is 1. The molecule has 1 aromatic heterocycles. The Morgan fingerprint density at radius 2 is 2.05 bits per heavy atom. The number of nitrogens with one attached hydrogen (secondary N) is 1. The lowest BCUT2D eigenvalue weighted by Crippen LogP contribution is -2.20. The first-order valence-corrected chi connectivity index (χ1v) is 6.40. The van der Waals surface area contributed by atoms with Crippen LogP contribution >= 0.6 is 0 Å². The second-order valence-corrected chi connectivity index (χ2v) is 4.53. The number of carbonyl (C=O) groups excluding carboxylic acids is 1. The van der Waals surface area contributed by atoms with Gasteiger partial charge >= 0.3 is 0 Å². The zero-order chi connectivity index (χ0) is 14.7. The first-order valence-electron chi connectivity index (χ1n) is 6.40. The normalized spacial score (nSPS) is 10.3. The lowest BCUT2D eigenvalue weighted by molar-refractivity contribution is 0.102. The minimum atomic E-state index is -0.285. The number of pyridine rings is 1. The fourth-order valence-corrected chi connectivity index (χ4v) is 1.93. The molecule has 0 fully saturated rings. The number of nitrogens with zero attached hydrogens (tertiary/aromatic N) is 1. The van der Waals surface area contributed by atoms with Gasteiger partial charge in [-0.1, -0.05) is 12.1 Å². The van der Waals surface area contributed by atoms with Gasteiger partial charge in [0, 0.05) is 24.5 Å². The molecule has 0 aliphatic carbocycles. The van der Waals surface area contributed by atoms with Crippen LogP contribution < -0.4 is 16.6 Å². The Morgan fingerprint density at radius 3 is 2.75 bits per heavy atom. The number of hydrogen-bond donors (Lipinski definition) is 2. The van der Waals surface area contributed by atoms with E-state index < -0.39 is 0 Å². The van der Waals surface area contributed by atoms with E-state index in [4.69, 9.17) is 5.73 Å². The number of anilines is 2. The molecular formula is C15H17N3O2. The van der Waals surface area contributed by atoms with Gasteiger partial charge in [0.2, 0.25) is 0 Å². The first-order chi connectivity index (χ1) is 9.52. The molecule has 0 atom stereocenters. The topological polar surface area (TPSA) is 77.1 Å². The van der Waals surface area contributed by atoms with Crippen molar-refractivity contribution in [2.45, 2.75) is 20.4 Å². The van der Waals surface area contributed by atoms with E-state index in [1.807, 2.05) is 19.9 Å². The van der Waals surface area contributed by atoms with Crippen LogP contribution in [-0.4, -0.2) is 10.5 Å². The van der Waals surface area contributed by atoms with Crippen LogP contribution in [0.15, 0.2) is 41.3 Å². The highest BCUT2D eigenvalue weighted by molar-refractivity contribution is 6.08. The maximum Gasteiger partial charge on any atom is 0.257 e. The molecule has 1 amide bonds. The molecule has 0 radical (unpaired) electrons. The fraction of sp³-hybridized carbons (Fsp3) is 0.200. The lowest BCUT2D eigenvalue weighted by atomic mass is 10.1. The summed E-state index contributed by atoms with van der Waals surface area (Å²) in [4.78, 5) is 23.7. The number of rotatable bonds is 3. The van der Waals surface area contributed by atoms with Crippen molar-refractivity contribution in [1.29, 1.82) is 0 Å². The van der Waals surface area contributed by atoms with E-state index in [0.29, 0.717) is 23.5 Å². The van der Waals surface area contributed by atoms with E-state index in [1.165, 1.54) is 10.6 Å². The molecule has 20 heavy (non-hydrogen) atoms. The Hall–Kier alpha value is -2.56. The summed E-state index contributed by atoms with van der Waals surface area (Å²) in [7, 11) is 0. The Balaban J connectivity index is 2.28. The highest BCUT2D eigenvalue weighted by atomic mass is 16.1. The quantitative estimate of drug-likeness (QED) is 0.838. The molecule has 5 nitrogen and oxygen atoms in total.